The molecule has 3 rings (SSSR count). The molecule has 0 amide bonds. The molecular formula is C25H34N8. The van der Waals surface area contributed by atoms with E-state index in [1.54, 1.807) is 9.36 Å². The van der Waals surface area contributed by atoms with Crippen molar-refractivity contribution in [2.45, 2.75) is 78.7 Å². The normalized spacial score (nSPS) is 12.4. The van der Waals surface area contributed by atoms with E-state index in [-0.39, 0.29) is 10.8 Å². The third-order valence-corrected chi connectivity index (χ3v) is 5.32. The van der Waals surface area contributed by atoms with Crippen LogP contribution in [0.5, 0.6) is 0 Å². The first-order valence-corrected chi connectivity index (χ1v) is 11.4. The molecule has 0 fully saturated rings. The van der Waals surface area contributed by atoms with Crippen molar-refractivity contribution in [2.24, 2.45) is 10.2 Å². The van der Waals surface area contributed by atoms with Crippen LogP contribution < -0.4 is 5.73 Å². The van der Waals surface area contributed by atoms with Gasteiger partial charge in [-0.25, -0.2) is 9.36 Å². The van der Waals surface area contributed by atoms with E-state index < -0.39 is 0 Å². The van der Waals surface area contributed by atoms with Gasteiger partial charge in [0.2, 0.25) is 0 Å². The first-order valence-electron chi connectivity index (χ1n) is 11.4. The zero-order valence-electron chi connectivity index (χ0n) is 20.7. The third-order valence-electron chi connectivity index (χ3n) is 5.32. The van der Waals surface area contributed by atoms with Gasteiger partial charge in [0, 0.05) is 17.4 Å². The van der Waals surface area contributed by atoms with Gasteiger partial charge in [0.1, 0.15) is 11.6 Å². The monoisotopic (exact) mass is 446 g/mol. The highest BCUT2D eigenvalue weighted by molar-refractivity contribution is 5.66. The number of nitriles is 1. The van der Waals surface area contributed by atoms with Crippen LogP contribution in [0.1, 0.15) is 78.3 Å². The minimum Gasteiger partial charge on any atom is -0.382 e. The second-order valence-electron chi connectivity index (χ2n) is 10.3. The fourth-order valence-corrected chi connectivity index (χ4v) is 3.54. The summed E-state index contributed by atoms with van der Waals surface area (Å²) in [5.41, 5.74) is 9.19. The van der Waals surface area contributed by atoms with Gasteiger partial charge in [0.15, 0.2) is 17.3 Å². The highest BCUT2D eigenvalue weighted by Gasteiger charge is 2.29. The molecule has 0 spiro atoms. The summed E-state index contributed by atoms with van der Waals surface area (Å²) in [6, 6.07) is 12.0. The Morgan fingerprint density at radius 3 is 2.15 bits per heavy atom. The Morgan fingerprint density at radius 1 is 0.970 bits per heavy atom. The number of anilines is 1. The molecule has 0 aliphatic rings. The Bertz CT molecular complexity index is 1180. The summed E-state index contributed by atoms with van der Waals surface area (Å²) >= 11 is 0. The smallest absolute Gasteiger partial charge is 0.191 e. The van der Waals surface area contributed by atoms with Crippen LogP contribution in [0.25, 0.3) is 5.69 Å². The van der Waals surface area contributed by atoms with Gasteiger partial charge in [-0.2, -0.15) is 15.5 Å². The number of hydrogen-bond acceptors (Lipinski definition) is 6. The number of hydrogen-bond donors (Lipinski definition) is 1. The molecule has 0 saturated carbocycles. The van der Waals surface area contributed by atoms with Gasteiger partial charge in [-0.3, -0.25) is 0 Å². The molecule has 0 radical (unpaired) electrons. The van der Waals surface area contributed by atoms with E-state index in [2.05, 4.69) is 44.0 Å². The van der Waals surface area contributed by atoms with Crippen LogP contribution in [0.3, 0.4) is 0 Å². The number of unbranched alkanes of at least 4 members (excludes halogenated alkanes) is 1. The third kappa shape index (κ3) is 4.98. The van der Waals surface area contributed by atoms with Crippen molar-refractivity contribution < 1.29 is 0 Å². The Hall–Kier alpha value is -3.47. The molecular weight excluding hydrogens is 412 g/mol. The lowest BCUT2D eigenvalue weighted by Gasteiger charge is -2.15. The quantitative estimate of drug-likeness (QED) is 0.446. The molecule has 0 aliphatic carbocycles. The van der Waals surface area contributed by atoms with E-state index in [4.69, 9.17) is 15.9 Å². The van der Waals surface area contributed by atoms with Gasteiger partial charge in [0.05, 0.1) is 17.1 Å². The van der Waals surface area contributed by atoms with Crippen LogP contribution >= 0.6 is 0 Å². The maximum atomic E-state index is 9.94. The van der Waals surface area contributed by atoms with E-state index in [0.29, 0.717) is 29.4 Å². The lowest BCUT2D eigenvalue weighted by molar-refractivity contribution is 0.520. The summed E-state index contributed by atoms with van der Waals surface area (Å²) in [4.78, 5) is 0. The maximum Gasteiger partial charge on any atom is 0.191 e. The Morgan fingerprint density at radius 2 is 1.61 bits per heavy atom. The minimum atomic E-state index is -0.306. The molecule has 2 heterocycles. The molecule has 2 aromatic heterocycles. The van der Waals surface area contributed by atoms with Crippen LogP contribution in [-0.4, -0.2) is 19.6 Å². The first-order chi connectivity index (χ1) is 15.5. The first kappa shape index (κ1) is 24.2. The molecule has 0 atom stereocenters. The number of nitrogens with two attached hydrogens (primary N) is 1. The average molecular weight is 447 g/mol. The standard InChI is InChI=1S/C25H34N8/c1-8-9-15-32-23(18(16-26)20(30-32)24(2,3)4)29-28-19-21(25(5,6)7)31-33(22(19)27)17-13-11-10-12-14-17/h10-14H,8-9,15,27H2,1-7H3/b29-28+. The molecule has 0 bridgehead atoms. The van der Waals surface area contributed by atoms with Gasteiger partial charge in [-0.15, -0.1) is 10.2 Å². The van der Waals surface area contributed by atoms with Crippen LogP contribution in [0.4, 0.5) is 17.3 Å². The minimum absolute atomic E-state index is 0.291. The molecule has 1 aromatic carbocycles. The van der Waals surface area contributed by atoms with E-state index in [1.807, 2.05) is 51.1 Å². The van der Waals surface area contributed by atoms with Gasteiger partial charge in [0.25, 0.3) is 0 Å². The summed E-state index contributed by atoms with van der Waals surface area (Å²) in [5, 5.41) is 28.6. The summed E-state index contributed by atoms with van der Waals surface area (Å²) in [6.45, 7) is 15.1. The molecule has 0 aliphatic heterocycles. The summed E-state index contributed by atoms with van der Waals surface area (Å²) in [7, 11) is 0. The highest BCUT2D eigenvalue weighted by Crippen LogP contribution is 2.39. The van der Waals surface area contributed by atoms with Crippen LogP contribution in [-0.2, 0) is 17.4 Å². The number of benzene rings is 1. The van der Waals surface area contributed by atoms with Gasteiger partial charge < -0.3 is 5.73 Å². The van der Waals surface area contributed by atoms with Gasteiger partial charge in [-0.05, 0) is 18.6 Å². The van der Waals surface area contributed by atoms with Crippen molar-refractivity contribution in [1.29, 1.82) is 5.26 Å². The molecule has 8 nitrogen and oxygen atoms in total. The zero-order chi connectivity index (χ0) is 24.4. The summed E-state index contributed by atoms with van der Waals surface area (Å²) < 4.78 is 3.48. The fraction of sp³-hybridized carbons (Fsp3) is 0.480. The number of para-hydroxylation sites is 1. The van der Waals surface area contributed by atoms with E-state index in [0.717, 1.165) is 29.9 Å². The van der Waals surface area contributed by atoms with E-state index in [9.17, 15) is 5.26 Å². The SMILES string of the molecule is CCCCn1nc(C(C)(C)C)c(C#N)c1/N=N/c1c(C(C)(C)C)nn(-c2ccccc2)c1N. The van der Waals surface area contributed by atoms with Crippen molar-refractivity contribution in [1.82, 2.24) is 19.6 Å². The van der Waals surface area contributed by atoms with Crippen molar-refractivity contribution in [3.05, 3.63) is 47.3 Å². The van der Waals surface area contributed by atoms with Crippen molar-refractivity contribution in [2.75, 3.05) is 5.73 Å². The van der Waals surface area contributed by atoms with Gasteiger partial charge in [-0.1, -0.05) is 73.1 Å². The van der Waals surface area contributed by atoms with Gasteiger partial charge >= 0.3 is 0 Å². The predicted octanol–water partition coefficient (Wildman–Crippen LogP) is 6.33. The highest BCUT2D eigenvalue weighted by atomic mass is 15.4. The number of nitrogens with zero attached hydrogens (tertiary/aromatic N) is 7. The van der Waals surface area contributed by atoms with Crippen LogP contribution in [0, 0.1) is 11.3 Å². The molecule has 2 N–H and O–H groups in total. The zero-order valence-corrected chi connectivity index (χ0v) is 20.7. The fourth-order valence-electron chi connectivity index (χ4n) is 3.54. The van der Waals surface area contributed by atoms with E-state index in [1.165, 1.54) is 0 Å². The van der Waals surface area contributed by atoms with E-state index >= 15 is 0 Å². The summed E-state index contributed by atoms with van der Waals surface area (Å²) in [5.74, 6) is 0.867. The number of azo groups is 1. The molecule has 0 saturated heterocycles. The summed E-state index contributed by atoms with van der Waals surface area (Å²) in [6.07, 6.45) is 1.94. The molecule has 33 heavy (non-hydrogen) atoms. The molecule has 174 valence electrons. The van der Waals surface area contributed by atoms with Crippen LogP contribution in [0.15, 0.2) is 40.6 Å². The second-order valence-corrected chi connectivity index (χ2v) is 10.3. The number of aromatic nitrogens is 4. The lowest BCUT2D eigenvalue weighted by atomic mass is 9.90. The Balaban J connectivity index is 2.18. The lowest BCUT2D eigenvalue weighted by Crippen LogP contribution is -2.14. The topological polar surface area (TPSA) is 110 Å². The van der Waals surface area contributed by atoms with Crippen molar-refractivity contribution in [3.63, 3.8) is 0 Å². The largest absolute Gasteiger partial charge is 0.382 e. The van der Waals surface area contributed by atoms with Crippen molar-refractivity contribution in [3.8, 4) is 11.8 Å². The number of nitrogen functional groups attached to an aromatic ring is 1. The van der Waals surface area contributed by atoms with Crippen molar-refractivity contribution >= 4 is 17.3 Å². The van der Waals surface area contributed by atoms with Crippen LogP contribution in [0.2, 0.25) is 0 Å². The number of aryl methyl sites for hydroxylation is 1. The number of rotatable bonds is 6. The predicted molar refractivity (Wildman–Crippen MR) is 131 cm³/mol. The second kappa shape index (κ2) is 9.18. The average Bonchev–Trinajstić information content (AvgIpc) is 3.28. The Kier molecular flexibility index (Phi) is 6.73. The maximum absolute atomic E-state index is 9.94. The Labute approximate surface area is 196 Å². The molecule has 3 aromatic rings. The molecule has 0 unspecified atom stereocenters. The molecule has 8 heteroatoms.